The Bertz CT molecular complexity index is 1350. The standard InChI is InChI=1S/C31H36N2O7/c1-31(2,32-30(37)38)19-40-25-10-7-20(8-11-25)29(36)33(14-15-34)28-18-26(39-3)12-13-27(28)23-5-4-22-17-24(35)9-6-21(22)16-23/h6-13,17-18,23,32,34-35H,4-5,14-16,19H2,1-3H3,(H,37,38)/t23-/m1/s1. The Balaban J connectivity index is 1.59. The van der Waals surface area contributed by atoms with Crippen molar-refractivity contribution in [2.24, 2.45) is 0 Å². The Morgan fingerprint density at radius 2 is 1.75 bits per heavy atom. The van der Waals surface area contributed by atoms with E-state index in [9.17, 15) is 19.8 Å². The Morgan fingerprint density at radius 3 is 2.42 bits per heavy atom. The number of methoxy groups -OCH3 is 1. The van der Waals surface area contributed by atoms with Gasteiger partial charge in [-0.25, -0.2) is 4.79 Å². The number of ether oxygens (including phenoxy) is 2. The molecule has 1 atom stereocenters. The lowest BCUT2D eigenvalue weighted by molar-refractivity contribution is 0.0980. The number of aliphatic hydroxyl groups is 1. The molecular weight excluding hydrogens is 512 g/mol. The number of carbonyl (C=O) groups is 2. The molecular formula is C31H36N2O7. The number of hydrogen-bond donors (Lipinski definition) is 4. The highest BCUT2D eigenvalue weighted by atomic mass is 16.5. The minimum atomic E-state index is -1.13. The van der Waals surface area contributed by atoms with Crippen LogP contribution in [0.3, 0.4) is 0 Å². The number of hydrogen-bond acceptors (Lipinski definition) is 6. The van der Waals surface area contributed by atoms with Gasteiger partial charge in [0, 0.05) is 18.2 Å². The van der Waals surface area contributed by atoms with Crippen molar-refractivity contribution < 1.29 is 34.4 Å². The maximum Gasteiger partial charge on any atom is 0.405 e. The van der Waals surface area contributed by atoms with Crippen molar-refractivity contribution in [1.29, 1.82) is 0 Å². The van der Waals surface area contributed by atoms with Gasteiger partial charge in [0.25, 0.3) is 5.91 Å². The summed E-state index contributed by atoms with van der Waals surface area (Å²) in [5.74, 6) is 1.24. The van der Waals surface area contributed by atoms with Crippen LogP contribution in [0.15, 0.2) is 60.7 Å². The number of fused-ring (bicyclic) bond motifs is 1. The molecule has 0 aromatic heterocycles. The summed E-state index contributed by atoms with van der Waals surface area (Å²) in [6, 6.07) is 17.8. The minimum absolute atomic E-state index is 0.101. The number of carboxylic acid groups (broad SMARTS) is 1. The van der Waals surface area contributed by atoms with Gasteiger partial charge in [-0.2, -0.15) is 0 Å². The Morgan fingerprint density at radius 1 is 1.02 bits per heavy atom. The van der Waals surface area contributed by atoms with Gasteiger partial charge < -0.3 is 35.0 Å². The number of aliphatic hydroxyl groups excluding tert-OH is 1. The van der Waals surface area contributed by atoms with Crippen LogP contribution >= 0.6 is 0 Å². The zero-order valence-corrected chi connectivity index (χ0v) is 23.0. The Hall–Kier alpha value is -4.24. The molecule has 0 saturated heterocycles. The van der Waals surface area contributed by atoms with E-state index in [1.54, 1.807) is 56.2 Å². The van der Waals surface area contributed by atoms with Crippen molar-refractivity contribution in [3.05, 3.63) is 82.9 Å². The third-order valence-corrected chi connectivity index (χ3v) is 7.10. The molecule has 0 heterocycles. The van der Waals surface area contributed by atoms with Crippen LogP contribution in [0.2, 0.25) is 0 Å². The van der Waals surface area contributed by atoms with Crippen LogP contribution < -0.4 is 19.7 Å². The van der Waals surface area contributed by atoms with Gasteiger partial charge in [0.15, 0.2) is 0 Å². The maximum atomic E-state index is 13.8. The minimum Gasteiger partial charge on any atom is -0.508 e. The SMILES string of the molecule is COc1ccc([C@@H]2CCc3cc(O)ccc3C2)c(N(CCO)C(=O)c2ccc(OCC(C)(C)NC(=O)O)cc2)c1. The van der Waals surface area contributed by atoms with E-state index in [4.69, 9.17) is 14.6 Å². The fourth-order valence-electron chi connectivity index (χ4n) is 5.11. The van der Waals surface area contributed by atoms with Crippen LogP contribution in [-0.2, 0) is 12.8 Å². The molecule has 0 fully saturated rings. The molecule has 9 heteroatoms. The normalized spacial score (nSPS) is 14.7. The molecule has 1 aliphatic rings. The molecule has 0 bridgehead atoms. The molecule has 0 aliphatic heterocycles. The largest absolute Gasteiger partial charge is 0.508 e. The summed E-state index contributed by atoms with van der Waals surface area (Å²) < 4.78 is 11.2. The van der Waals surface area contributed by atoms with E-state index in [1.807, 2.05) is 30.3 Å². The summed E-state index contributed by atoms with van der Waals surface area (Å²) in [4.78, 5) is 26.3. The predicted octanol–water partition coefficient (Wildman–Crippen LogP) is 4.74. The van der Waals surface area contributed by atoms with Crippen molar-refractivity contribution in [1.82, 2.24) is 5.32 Å². The first kappa shape index (κ1) is 28.8. The lowest BCUT2D eigenvalue weighted by atomic mass is 9.79. The zero-order valence-electron chi connectivity index (χ0n) is 23.0. The number of phenolic OH excluding ortho intramolecular Hbond substituents is 1. The number of anilines is 1. The number of rotatable bonds is 10. The molecule has 0 radical (unpaired) electrons. The van der Waals surface area contributed by atoms with Gasteiger partial charge in [0.1, 0.15) is 23.9 Å². The molecule has 3 aromatic rings. The fourth-order valence-corrected chi connectivity index (χ4v) is 5.11. The smallest absolute Gasteiger partial charge is 0.405 e. The highest BCUT2D eigenvalue weighted by molar-refractivity contribution is 6.06. The van der Waals surface area contributed by atoms with Gasteiger partial charge in [-0.3, -0.25) is 4.79 Å². The van der Waals surface area contributed by atoms with Crippen molar-refractivity contribution in [2.45, 2.75) is 44.6 Å². The number of benzene rings is 3. The summed E-state index contributed by atoms with van der Waals surface area (Å²) in [6.07, 6.45) is 1.31. The van der Waals surface area contributed by atoms with Crippen molar-refractivity contribution in [2.75, 3.05) is 31.8 Å². The second-order valence-corrected chi connectivity index (χ2v) is 10.6. The van der Waals surface area contributed by atoms with Crippen LogP contribution in [-0.4, -0.2) is 59.7 Å². The molecule has 0 spiro atoms. The first-order valence-corrected chi connectivity index (χ1v) is 13.3. The fraction of sp³-hybridized carbons (Fsp3) is 0.355. The summed E-state index contributed by atoms with van der Waals surface area (Å²) in [7, 11) is 1.58. The molecule has 212 valence electrons. The van der Waals surface area contributed by atoms with Crippen molar-refractivity contribution in [3.63, 3.8) is 0 Å². The molecule has 2 amide bonds. The van der Waals surface area contributed by atoms with Gasteiger partial charge in [-0.15, -0.1) is 0 Å². The summed E-state index contributed by atoms with van der Waals surface area (Å²) in [6.45, 7) is 3.42. The third-order valence-electron chi connectivity index (χ3n) is 7.10. The second-order valence-electron chi connectivity index (χ2n) is 10.6. The van der Waals surface area contributed by atoms with E-state index in [0.717, 1.165) is 30.4 Å². The third kappa shape index (κ3) is 6.84. The molecule has 40 heavy (non-hydrogen) atoms. The van der Waals surface area contributed by atoms with E-state index in [0.29, 0.717) is 22.7 Å². The number of carbonyl (C=O) groups excluding carboxylic acids is 1. The molecule has 9 nitrogen and oxygen atoms in total. The van der Waals surface area contributed by atoms with Gasteiger partial charge >= 0.3 is 6.09 Å². The zero-order chi connectivity index (χ0) is 28.9. The summed E-state index contributed by atoms with van der Waals surface area (Å²) in [5, 5.41) is 31.2. The number of aryl methyl sites for hydroxylation is 1. The first-order valence-electron chi connectivity index (χ1n) is 13.3. The van der Waals surface area contributed by atoms with Crippen LogP contribution in [0, 0.1) is 0 Å². The summed E-state index contributed by atoms with van der Waals surface area (Å²) in [5.41, 5.74) is 3.62. The maximum absolute atomic E-state index is 13.8. The molecule has 3 aromatic carbocycles. The quantitative estimate of drug-likeness (QED) is 0.288. The molecule has 4 N–H and O–H groups in total. The number of amides is 2. The first-order chi connectivity index (χ1) is 19.1. The van der Waals surface area contributed by atoms with E-state index >= 15 is 0 Å². The average molecular weight is 549 g/mol. The predicted molar refractivity (Wildman–Crippen MR) is 152 cm³/mol. The Labute approximate surface area is 234 Å². The van der Waals surface area contributed by atoms with Crippen LogP contribution in [0.25, 0.3) is 0 Å². The van der Waals surface area contributed by atoms with Crippen molar-refractivity contribution >= 4 is 17.7 Å². The van der Waals surface area contributed by atoms with Crippen molar-refractivity contribution in [3.8, 4) is 17.2 Å². The van der Waals surface area contributed by atoms with E-state index < -0.39 is 11.6 Å². The average Bonchev–Trinajstić information content (AvgIpc) is 2.93. The summed E-state index contributed by atoms with van der Waals surface area (Å²) >= 11 is 0. The number of nitrogens with one attached hydrogen (secondary N) is 1. The van der Waals surface area contributed by atoms with Gasteiger partial charge in [-0.05, 0) is 98.2 Å². The van der Waals surface area contributed by atoms with E-state index in [2.05, 4.69) is 5.32 Å². The lowest BCUT2D eigenvalue weighted by Gasteiger charge is -2.31. The second kappa shape index (κ2) is 12.3. The molecule has 1 aliphatic carbocycles. The number of phenols is 1. The highest BCUT2D eigenvalue weighted by Gasteiger charge is 2.28. The van der Waals surface area contributed by atoms with E-state index in [1.165, 1.54) is 5.56 Å². The van der Waals surface area contributed by atoms with Crippen LogP contribution in [0.4, 0.5) is 10.5 Å². The number of aromatic hydroxyl groups is 1. The monoisotopic (exact) mass is 548 g/mol. The van der Waals surface area contributed by atoms with E-state index in [-0.39, 0.29) is 37.3 Å². The number of nitrogens with zero attached hydrogens (tertiary/aromatic N) is 1. The van der Waals surface area contributed by atoms with Crippen LogP contribution in [0.1, 0.15) is 53.2 Å². The van der Waals surface area contributed by atoms with Crippen LogP contribution in [0.5, 0.6) is 17.2 Å². The van der Waals surface area contributed by atoms with Gasteiger partial charge in [0.05, 0.1) is 24.9 Å². The van der Waals surface area contributed by atoms with Gasteiger partial charge in [-0.1, -0.05) is 12.1 Å². The Kier molecular flexibility index (Phi) is 8.84. The highest BCUT2D eigenvalue weighted by Crippen LogP contribution is 2.40. The molecule has 0 unspecified atom stereocenters. The topological polar surface area (TPSA) is 129 Å². The lowest BCUT2D eigenvalue weighted by Crippen LogP contribution is -2.47. The molecule has 0 saturated carbocycles. The van der Waals surface area contributed by atoms with Gasteiger partial charge in [0.2, 0.25) is 0 Å². The molecule has 4 rings (SSSR count).